The molecular weight excluding hydrogens is 328 g/mol. The summed E-state index contributed by atoms with van der Waals surface area (Å²) >= 11 is 0. The maximum Gasteiger partial charge on any atom is 0.180 e. The lowest BCUT2D eigenvalue weighted by atomic mass is 9.91. The van der Waals surface area contributed by atoms with E-state index in [0.29, 0.717) is 0 Å². The van der Waals surface area contributed by atoms with Gasteiger partial charge in [-0.25, -0.2) is 0 Å². The van der Waals surface area contributed by atoms with E-state index in [1.165, 1.54) is 67.2 Å². The molecule has 142 valence electrons. The Hall–Kier alpha value is -2.04. The van der Waals surface area contributed by atoms with Crippen molar-refractivity contribution in [1.82, 2.24) is 0 Å². The van der Waals surface area contributed by atoms with E-state index in [4.69, 9.17) is 4.74 Å². The van der Waals surface area contributed by atoms with Crippen molar-refractivity contribution in [1.29, 1.82) is 0 Å². The van der Waals surface area contributed by atoms with Crippen LogP contribution in [0.4, 0.5) is 0 Å². The van der Waals surface area contributed by atoms with E-state index in [1.807, 2.05) is 6.92 Å². The summed E-state index contributed by atoms with van der Waals surface area (Å²) in [6.45, 7) is 4.93. The van der Waals surface area contributed by atoms with Crippen molar-refractivity contribution in [3.63, 3.8) is 0 Å². The van der Waals surface area contributed by atoms with Crippen LogP contribution in [0.3, 0.4) is 0 Å². The lowest BCUT2D eigenvalue weighted by Crippen LogP contribution is -2.27. The Morgan fingerprint density at radius 3 is 1.81 bits per heavy atom. The highest BCUT2D eigenvalue weighted by Crippen LogP contribution is 2.49. The minimum Gasteiger partial charge on any atom is -0.354 e. The molecule has 2 aromatic rings. The van der Waals surface area contributed by atoms with Gasteiger partial charge in [-0.05, 0) is 24.5 Å². The first-order chi connectivity index (χ1) is 13.3. The van der Waals surface area contributed by atoms with Crippen molar-refractivity contribution in [2.24, 2.45) is 0 Å². The fourth-order valence-electron chi connectivity index (χ4n) is 4.16. The largest absolute Gasteiger partial charge is 0.354 e. The van der Waals surface area contributed by atoms with Gasteiger partial charge < -0.3 is 4.74 Å². The zero-order valence-corrected chi connectivity index (χ0v) is 16.9. The number of hydrogen-bond acceptors (Lipinski definition) is 1. The Morgan fingerprint density at radius 2 is 1.26 bits per heavy atom. The fraction of sp³-hybridized carbons (Fsp3) is 0.462. The highest BCUT2D eigenvalue weighted by atomic mass is 16.5. The Morgan fingerprint density at radius 1 is 0.741 bits per heavy atom. The first-order valence-corrected chi connectivity index (χ1v) is 10.6. The second kappa shape index (κ2) is 9.77. The molecule has 0 N–H and O–H groups in total. The van der Waals surface area contributed by atoms with Crippen molar-refractivity contribution < 1.29 is 4.74 Å². The molecule has 0 aromatic heterocycles. The standard InChI is InChI=1S/C26H32O/c1-3-5-6-7-8-9-10-15-21-27-26(20-4-2)24-18-13-11-16-22(24)23-17-12-14-19-25(23)26/h11-14,16-19H,3,5-10,15,21H2,1-2H3. The van der Waals surface area contributed by atoms with Crippen LogP contribution >= 0.6 is 0 Å². The normalized spacial score (nSPS) is 13.6. The van der Waals surface area contributed by atoms with Gasteiger partial charge in [-0.1, -0.05) is 106 Å². The van der Waals surface area contributed by atoms with Gasteiger partial charge in [-0.2, -0.15) is 0 Å². The zero-order valence-electron chi connectivity index (χ0n) is 16.9. The van der Waals surface area contributed by atoms with Crippen LogP contribution in [0.5, 0.6) is 0 Å². The predicted molar refractivity (Wildman–Crippen MR) is 115 cm³/mol. The van der Waals surface area contributed by atoms with Crippen molar-refractivity contribution in [3.05, 3.63) is 59.7 Å². The van der Waals surface area contributed by atoms with E-state index in [2.05, 4.69) is 67.3 Å². The van der Waals surface area contributed by atoms with Crippen LogP contribution in [-0.4, -0.2) is 6.61 Å². The summed E-state index contributed by atoms with van der Waals surface area (Å²) < 4.78 is 6.56. The second-order valence-electron chi connectivity index (χ2n) is 7.47. The number of rotatable bonds is 10. The quantitative estimate of drug-likeness (QED) is 0.324. The Bertz CT molecular complexity index is 748. The summed E-state index contributed by atoms with van der Waals surface area (Å²) in [5.41, 5.74) is 4.29. The van der Waals surface area contributed by atoms with Crippen molar-refractivity contribution in [2.75, 3.05) is 6.61 Å². The maximum atomic E-state index is 6.56. The second-order valence-corrected chi connectivity index (χ2v) is 7.47. The smallest absolute Gasteiger partial charge is 0.180 e. The molecule has 0 fully saturated rings. The van der Waals surface area contributed by atoms with E-state index in [1.54, 1.807) is 0 Å². The van der Waals surface area contributed by atoms with Gasteiger partial charge in [0.05, 0.1) is 0 Å². The predicted octanol–water partition coefficient (Wildman–Crippen LogP) is 7.09. The average molecular weight is 361 g/mol. The first kappa shape index (κ1) is 19.7. The minimum absolute atomic E-state index is 0.608. The molecule has 2 aromatic carbocycles. The van der Waals surface area contributed by atoms with E-state index in [0.717, 1.165) is 13.0 Å². The van der Waals surface area contributed by atoms with Crippen LogP contribution in [0.15, 0.2) is 48.5 Å². The molecule has 0 saturated heterocycles. The lowest BCUT2D eigenvalue weighted by Gasteiger charge is -2.27. The van der Waals surface area contributed by atoms with E-state index in [-0.39, 0.29) is 0 Å². The molecule has 0 amide bonds. The van der Waals surface area contributed by atoms with Crippen LogP contribution in [-0.2, 0) is 10.3 Å². The molecule has 0 atom stereocenters. The van der Waals surface area contributed by atoms with Gasteiger partial charge in [0.15, 0.2) is 5.60 Å². The Kier molecular flexibility index (Phi) is 7.13. The fourth-order valence-corrected chi connectivity index (χ4v) is 4.16. The number of unbranched alkanes of at least 4 members (excludes halogenated alkanes) is 7. The molecular formula is C26H32O. The van der Waals surface area contributed by atoms with Crippen LogP contribution in [0.25, 0.3) is 11.1 Å². The maximum absolute atomic E-state index is 6.56. The molecule has 0 saturated carbocycles. The average Bonchev–Trinajstić information content (AvgIpc) is 2.98. The van der Waals surface area contributed by atoms with Crippen LogP contribution in [0.1, 0.15) is 76.3 Å². The Balaban J connectivity index is 1.65. The first-order valence-electron chi connectivity index (χ1n) is 10.6. The molecule has 0 radical (unpaired) electrons. The molecule has 0 aliphatic heterocycles. The van der Waals surface area contributed by atoms with Gasteiger partial charge in [0.1, 0.15) is 0 Å². The van der Waals surface area contributed by atoms with Crippen LogP contribution in [0, 0.1) is 11.8 Å². The molecule has 0 unspecified atom stereocenters. The van der Waals surface area contributed by atoms with Crippen molar-refractivity contribution >= 4 is 0 Å². The third-order valence-corrected chi connectivity index (χ3v) is 5.52. The summed E-state index contributed by atoms with van der Waals surface area (Å²) in [6, 6.07) is 17.1. The molecule has 3 rings (SSSR count). The van der Waals surface area contributed by atoms with Crippen LogP contribution < -0.4 is 0 Å². The third kappa shape index (κ3) is 4.28. The number of fused-ring (bicyclic) bond motifs is 3. The van der Waals surface area contributed by atoms with Gasteiger partial charge in [-0.3, -0.25) is 0 Å². The molecule has 0 heterocycles. The SMILES string of the molecule is CC#CC1(OCCCCCCCCCC)c2ccccc2-c2ccccc21. The van der Waals surface area contributed by atoms with Crippen LogP contribution in [0.2, 0.25) is 0 Å². The van der Waals surface area contributed by atoms with Gasteiger partial charge in [0, 0.05) is 17.7 Å². The monoisotopic (exact) mass is 360 g/mol. The molecule has 0 spiro atoms. The minimum atomic E-state index is -0.608. The topological polar surface area (TPSA) is 9.23 Å². The van der Waals surface area contributed by atoms with E-state index in [9.17, 15) is 0 Å². The molecule has 1 aliphatic carbocycles. The summed E-state index contributed by atoms with van der Waals surface area (Å²) in [6.07, 6.45) is 10.5. The highest BCUT2D eigenvalue weighted by molar-refractivity contribution is 5.82. The zero-order chi connectivity index (χ0) is 19.0. The third-order valence-electron chi connectivity index (χ3n) is 5.52. The van der Waals surface area contributed by atoms with E-state index < -0.39 is 5.60 Å². The molecule has 1 nitrogen and oxygen atoms in total. The summed E-state index contributed by atoms with van der Waals surface area (Å²) in [4.78, 5) is 0. The number of ether oxygens (including phenoxy) is 1. The molecule has 27 heavy (non-hydrogen) atoms. The number of hydrogen-bond donors (Lipinski definition) is 0. The molecule has 1 heteroatoms. The summed E-state index contributed by atoms with van der Waals surface area (Å²) in [5, 5.41) is 0. The molecule has 1 aliphatic rings. The van der Waals surface area contributed by atoms with Gasteiger partial charge in [0.2, 0.25) is 0 Å². The number of benzene rings is 2. The highest BCUT2D eigenvalue weighted by Gasteiger charge is 2.42. The summed E-state index contributed by atoms with van der Waals surface area (Å²) in [5.74, 6) is 6.56. The summed E-state index contributed by atoms with van der Waals surface area (Å²) in [7, 11) is 0. The Labute approximate surface area is 165 Å². The molecule has 0 bridgehead atoms. The van der Waals surface area contributed by atoms with E-state index >= 15 is 0 Å². The van der Waals surface area contributed by atoms with Crippen molar-refractivity contribution in [2.45, 2.75) is 70.8 Å². The van der Waals surface area contributed by atoms with Gasteiger partial charge in [-0.15, -0.1) is 5.92 Å². The lowest BCUT2D eigenvalue weighted by molar-refractivity contribution is 0.0271. The van der Waals surface area contributed by atoms with Gasteiger partial charge in [0.25, 0.3) is 0 Å². The van der Waals surface area contributed by atoms with Crippen molar-refractivity contribution in [3.8, 4) is 23.0 Å². The van der Waals surface area contributed by atoms with Gasteiger partial charge >= 0.3 is 0 Å².